The lowest BCUT2D eigenvalue weighted by Crippen LogP contribution is -2.44. The van der Waals surface area contributed by atoms with Crippen LogP contribution in [0, 0.1) is 5.92 Å². The molecule has 1 fully saturated rings. The Balaban J connectivity index is 1.65. The third-order valence-corrected chi connectivity index (χ3v) is 5.46. The van der Waals surface area contributed by atoms with Gasteiger partial charge in [-0.05, 0) is 41.5 Å². The molecule has 3 rings (SSSR count). The summed E-state index contributed by atoms with van der Waals surface area (Å²) in [6.07, 6.45) is 1.89. The van der Waals surface area contributed by atoms with Crippen molar-refractivity contribution in [1.29, 1.82) is 0 Å². The van der Waals surface area contributed by atoms with Gasteiger partial charge in [-0.15, -0.1) is 0 Å². The van der Waals surface area contributed by atoms with Gasteiger partial charge < -0.3 is 15.3 Å². The van der Waals surface area contributed by atoms with Gasteiger partial charge in [-0.2, -0.15) is 0 Å². The predicted octanol–water partition coefficient (Wildman–Crippen LogP) is 4.11. The van der Waals surface area contributed by atoms with Crippen LogP contribution in [0.4, 0.5) is 5.69 Å². The standard InChI is InChI=1S/C24H30N2O3/c1-24(2,3)19-11-12-21(27)20(15-19)25-23(29)18-10-7-13-26(16-18)22(28)14-17-8-5-4-6-9-17/h4-6,8-9,11-12,15,18,27H,7,10,13-14,16H2,1-3H3,(H,25,29). The first-order valence-corrected chi connectivity index (χ1v) is 10.2. The van der Waals surface area contributed by atoms with Crippen LogP contribution in [0.15, 0.2) is 48.5 Å². The summed E-state index contributed by atoms with van der Waals surface area (Å²) in [4.78, 5) is 27.3. The molecule has 5 heteroatoms. The number of anilines is 1. The van der Waals surface area contributed by atoms with Gasteiger partial charge in [0.1, 0.15) is 5.75 Å². The number of nitrogens with one attached hydrogen (secondary N) is 1. The maximum Gasteiger partial charge on any atom is 0.229 e. The van der Waals surface area contributed by atoms with Crippen molar-refractivity contribution in [3.8, 4) is 5.75 Å². The highest BCUT2D eigenvalue weighted by atomic mass is 16.3. The maximum absolute atomic E-state index is 12.8. The zero-order valence-corrected chi connectivity index (χ0v) is 17.4. The number of hydrogen-bond donors (Lipinski definition) is 2. The molecule has 2 N–H and O–H groups in total. The average Bonchev–Trinajstić information content (AvgIpc) is 2.69. The number of carbonyl (C=O) groups is 2. The van der Waals surface area contributed by atoms with E-state index in [1.165, 1.54) is 0 Å². The Labute approximate surface area is 172 Å². The van der Waals surface area contributed by atoms with Crippen LogP contribution in [0.3, 0.4) is 0 Å². The number of amides is 2. The minimum Gasteiger partial charge on any atom is -0.506 e. The van der Waals surface area contributed by atoms with E-state index in [1.54, 1.807) is 11.0 Å². The summed E-state index contributed by atoms with van der Waals surface area (Å²) < 4.78 is 0. The molecule has 1 saturated heterocycles. The molecule has 1 atom stereocenters. The highest BCUT2D eigenvalue weighted by Gasteiger charge is 2.29. The molecule has 1 aliphatic rings. The fourth-order valence-corrected chi connectivity index (χ4v) is 3.64. The minimum atomic E-state index is -0.277. The maximum atomic E-state index is 12.8. The second-order valence-corrected chi connectivity index (χ2v) is 8.81. The average molecular weight is 395 g/mol. The van der Waals surface area contributed by atoms with Gasteiger partial charge in [0.2, 0.25) is 11.8 Å². The molecular formula is C24H30N2O3. The van der Waals surface area contributed by atoms with Crippen LogP contribution in [-0.4, -0.2) is 34.9 Å². The van der Waals surface area contributed by atoms with E-state index < -0.39 is 0 Å². The lowest BCUT2D eigenvalue weighted by molar-refractivity contribution is -0.133. The van der Waals surface area contributed by atoms with Gasteiger partial charge in [0.15, 0.2) is 0 Å². The van der Waals surface area contributed by atoms with Gasteiger partial charge in [0.05, 0.1) is 18.0 Å². The minimum absolute atomic E-state index is 0.0475. The fraction of sp³-hybridized carbons (Fsp3) is 0.417. The Hall–Kier alpha value is -2.82. The number of piperidine rings is 1. The van der Waals surface area contributed by atoms with E-state index in [4.69, 9.17) is 0 Å². The molecule has 2 aromatic rings. The number of rotatable bonds is 4. The van der Waals surface area contributed by atoms with Crippen LogP contribution in [-0.2, 0) is 21.4 Å². The first-order valence-electron chi connectivity index (χ1n) is 10.2. The largest absolute Gasteiger partial charge is 0.506 e. The second-order valence-electron chi connectivity index (χ2n) is 8.81. The molecule has 0 bridgehead atoms. The Morgan fingerprint density at radius 3 is 2.55 bits per heavy atom. The van der Waals surface area contributed by atoms with Crippen molar-refractivity contribution < 1.29 is 14.7 Å². The third kappa shape index (κ3) is 5.37. The van der Waals surface area contributed by atoms with Crippen LogP contribution < -0.4 is 5.32 Å². The fourth-order valence-electron chi connectivity index (χ4n) is 3.64. The summed E-state index contributed by atoms with van der Waals surface area (Å²) in [5, 5.41) is 13.0. The molecule has 5 nitrogen and oxygen atoms in total. The molecule has 2 aromatic carbocycles. The summed E-state index contributed by atoms with van der Waals surface area (Å²) in [7, 11) is 0. The number of carbonyl (C=O) groups excluding carboxylic acids is 2. The van der Waals surface area contributed by atoms with E-state index in [2.05, 4.69) is 26.1 Å². The van der Waals surface area contributed by atoms with Gasteiger partial charge in [-0.3, -0.25) is 9.59 Å². The number of hydrogen-bond acceptors (Lipinski definition) is 3. The number of benzene rings is 2. The zero-order chi connectivity index (χ0) is 21.0. The number of likely N-dealkylation sites (tertiary alicyclic amines) is 1. The molecule has 0 aromatic heterocycles. The number of phenolic OH excluding ortho intramolecular Hbond substituents is 1. The molecule has 0 radical (unpaired) electrons. The monoisotopic (exact) mass is 394 g/mol. The molecule has 0 aliphatic carbocycles. The molecule has 1 unspecified atom stereocenters. The summed E-state index contributed by atoms with van der Waals surface area (Å²) in [5.41, 5.74) is 2.36. The topological polar surface area (TPSA) is 69.6 Å². The quantitative estimate of drug-likeness (QED) is 0.767. The van der Waals surface area contributed by atoms with Crippen molar-refractivity contribution in [2.75, 3.05) is 18.4 Å². The lowest BCUT2D eigenvalue weighted by atomic mass is 9.86. The van der Waals surface area contributed by atoms with Crippen molar-refractivity contribution in [2.24, 2.45) is 5.92 Å². The summed E-state index contributed by atoms with van der Waals surface area (Å²) >= 11 is 0. The van der Waals surface area contributed by atoms with E-state index >= 15 is 0 Å². The predicted molar refractivity (Wildman–Crippen MR) is 115 cm³/mol. The first kappa shape index (κ1) is 20.9. The van der Waals surface area contributed by atoms with E-state index in [1.807, 2.05) is 42.5 Å². The second kappa shape index (κ2) is 8.68. The van der Waals surface area contributed by atoms with E-state index in [0.29, 0.717) is 25.2 Å². The summed E-state index contributed by atoms with van der Waals surface area (Å²) in [5.74, 6) is -0.324. The molecular weight excluding hydrogens is 364 g/mol. The van der Waals surface area contributed by atoms with Crippen LogP contribution in [0.5, 0.6) is 5.75 Å². The van der Waals surface area contributed by atoms with Crippen LogP contribution in [0.1, 0.15) is 44.7 Å². The van der Waals surface area contributed by atoms with Crippen molar-refractivity contribution in [2.45, 2.75) is 45.4 Å². The van der Waals surface area contributed by atoms with Crippen LogP contribution >= 0.6 is 0 Å². The van der Waals surface area contributed by atoms with Gasteiger partial charge in [-0.1, -0.05) is 57.2 Å². The van der Waals surface area contributed by atoms with E-state index in [0.717, 1.165) is 24.0 Å². The molecule has 0 saturated carbocycles. The smallest absolute Gasteiger partial charge is 0.229 e. The number of nitrogens with zero attached hydrogens (tertiary/aromatic N) is 1. The molecule has 154 valence electrons. The number of phenols is 1. The zero-order valence-electron chi connectivity index (χ0n) is 17.4. The van der Waals surface area contributed by atoms with E-state index in [9.17, 15) is 14.7 Å². The van der Waals surface area contributed by atoms with Gasteiger partial charge in [-0.25, -0.2) is 0 Å². The van der Waals surface area contributed by atoms with Crippen LogP contribution in [0.2, 0.25) is 0 Å². The number of aromatic hydroxyl groups is 1. The molecule has 1 heterocycles. The molecule has 29 heavy (non-hydrogen) atoms. The summed E-state index contributed by atoms with van der Waals surface area (Å²) in [6, 6.07) is 15.0. The normalized spacial score (nSPS) is 17.1. The highest BCUT2D eigenvalue weighted by molar-refractivity contribution is 5.94. The SMILES string of the molecule is CC(C)(C)c1ccc(O)c(NC(=O)C2CCCN(C(=O)Cc3ccccc3)C2)c1. The van der Waals surface area contributed by atoms with Gasteiger partial charge in [0.25, 0.3) is 0 Å². The lowest BCUT2D eigenvalue weighted by Gasteiger charge is -2.32. The van der Waals surface area contributed by atoms with E-state index in [-0.39, 0.29) is 28.9 Å². The Morgan fingerprint density at radius 2 is 1.86 bits per heavy atom. The molecule has 1 aliphatic heterocycles. The molecule has 0 spiro atoms. The Bertz CT molecular complexity index is 871. The highest BCUT2D eigenvalue weighted by Crippen LogP contribution is 2.31. The van der Waals surface area contributed by atoms with Gasteiger partial charge in [0, 0.05) is 13.1 Å². The van der Waals surface area contributed by atoms with Crippen molar-refractivity contribution >= 4 is 17.5 Å². The first-order chi connectivity index (χ1) is 13.7. The Kier molecular flexibility index (Phi) is 6.26. The summed E-state index contributed by atoms with van der Waals surface area (Å²) in [6.45, 7) is 7.35. The van der Waals surface area contributed by atoms with Gasteiger partial charge >= 0.3 is 0 Å². The van der Waals surface area contributed by atoms with Crippen molar-refractivity contribution in [3.05, 3.63) is 59.7 Å². The van der Waals surface area contributed by atoms with Crippen LogP contribution in [0.25, 0.3) is 0 Å². The molecule has 2 amide bonds. The van der Waals surface area contributed by atoms with Crippen molar-refractivity contribution in [3.63, 3.8) is 0 Å². The Morgan fingerprint density at radius 1 is 1.14 bits per heavy atom. The van der Waals surface area contributed by atoms with Crippen molar-refractivity contribution in [1.82, 2.24) is 4.90 Å². The third-order valence-electron chi connectivity index (χ3n) is 5.46.